The Morgan fingerprint density at radius 2 is 1.59 bits per heavy atom. The largest absolute Gasteiger partial charge is 1.00 e. The summed E-state index contributed by atoms with van der Waals surface area (Å²) in [6.07, 6.45) is 21.3. The first-order chi connectivity index (χ1) is 15.7. The fourth-order valence-corrected chi connectivity index (χ4v) is 13.7. The first kappa shape index (κ1) is 29.0. The Bertz CT molecular complexity index is 1120. The molecule has 0 saturated carbocycles. The number of rotatable bonds is 10. The van der Waals surface area contributed by atoms with E-state index in [1.165, 1.54) is 66.3 Å². The number of fused-ring (bicyclic) bond motifs is 3. The topological polar surface area (TPSA) is 0 Å². The van der Waals surface area contributed by atoms with Crippen LogP contribution in [0.5, 0.6) is 0 Å². The average molecular weight is 571 g/mol. The zero-order valence-corrected chi connectivity index (χ0v) is 24.6. The fraction of sp³-hybridized carbons (Fsp3) is 0.323. The number of allylic oxidation sites excluding steroid dienone is 4. The van der Waals surface area contributed by atoms with Gasteiger partial charge in [0.1, 0.15) is 0 Å². The van der Waals surface area contributed by atoms with Crippen LogP contribution in [-0.2, 0) is 27.7 Å². The SMILES string of the molecule is C=Cc1ccc2c(c1)-c1cc(C=C)c[c]([Zr+2]([C]3=CC=CC3)=[C](CCCC)CCCC)c1C2.[Cl-].[Cl-]. The molecule has 0 spiro atoms. The molecule has 0 fully saturated rings. The van der Waals surface area contributed by atoms with Crippen LogP contribution in [0.1, 0.15) is 81.0 Å². The van der Waals surface area contributed by atoms with Crippen molar-refractivity contribution in [2.75, 3.05) is 0 Å². The van der Waals surface area contributed by atoms with Gasteiger partial charge in [-0.3, -0.25) is 0 Å². The van der Waals surface area contributed by atoms with Gasteiger partial charge in [-0.1, -0.05) is 0 Å². The molecule has 0 aliphatic heterocycles. The van der Waals surface area contributed by atoms with Crippen molar-refractivity contribution in [3.8, 4) is 11.1 Å². The third-order valence-corrected chi connectivity index (χ3v) is 14.8. The van der Waals surface area contributed by atoms with Crippen LogP contribution in [0.15, 0.2) is 65.0 Å². The Morgan fingerprint density at radius 1 is 0.912 bits per heavy atom. The predicted octanol–water partition coefficient (Wildman–Crippen LogP) is 2.19. The molecule has 0 amide bonds. The fourth-order valence-electron chi connectivity index (χ4n) is 5.16. The van der Waals surface area contributed by atoms with E-state index in [1.54, 1.807) is 12.1 Å². The molecule has 0 saturated heterocycles. The quantitative estimate of drug-likeness (QED) is 0.351. The van der Waals surface area contributed by atoms with Gasteiger partial charge in [0.15, 0.2) is 0 Å². The van der Waals surface area contributed by atoms with Crippen molar-refractivity contribution in [3.05, 3.63) is 87.3 Å². The van der Waals surface area contributed by atoms with E-state index in [-0.39, 0.29) is 24.8 Å². The summed E-state index contributed by atoms with van der Waals surface area (Å²) >= 11 is -2.18. The van der Waals surface area contributed by atoms with E-state index in [2.05, 4.69) is 81.6 Å². The molecule has 0 heterocycles. The van der Waals surface area contributed by atoms with Crippen molar-refractivity contribution in [3.63, 3.8) is 0 Å². The van der Waals surface area contributed by atoms with Gasteiger partial charge in [-0.2, -0.15) is 0 Å². The summed E-state index contributed by atoms with van der Waals surface area (Å²) < 4.78 is 5.41. The second-order valence-electron chi connectivity index (χ2n) is 9.11. The van der Waals surface area contributed by atoms with Gasteiger partial charge in [-0.05, 0) is 0 Å². The van der Waals surface area contributed by atoms with Crippen LogP contribution in [0.25, 0.3) is 23.3 Å². The number of hydrogen-bond acceptors (Lipinski definition) is 0. The molecule has 0 bridgehead atoms. The second kappa shape index (κ2) is 13.7. The summed E-state index contributed by atoms with van der Waals surface area (Å²) in [5.41, 5.74) is 8.43. The monoisotopic (exact) mass is 568 g/mol. The molecular weight excluding hydrogens is 534 g/mol. The van der Waals surface area contributed by atoms with E-state index in [1.807, 2.05) is 9.28 Å². The van der Waals surface area contributed by atoms with Gasteiger partial charge in [-0.25, -0.2) is 0 Å². The number of hydrogen-bond donors (Lipinski definition) is 0. The van der Waals surface area contributed by atoms with Gasteiger partial charge < -0.3 is 24.8 Å². The average Bonchev–Trinajstić information content (AvgIpc) is 3.48. The van der Waals surface area contributed by atoms with Crippen molar-refractivity contribution < 1.29 is 46.1 Å². The summed E-state index contributed by atoms with van der Waals surface area (Å²) in [5.74, 6) is 0. The molecule has 0 aromatic heterocycles. The van der Waals surface area contributed by atoms with Crippen LogP contribution in [0, 0.1) is 0 Å². The van der Waals surface area contributed by atoms with E-state index >= 15 is 0 Å². The normalized spacial score (nSPS) is 12.4. The molecule has 0 nitrogen and oxygen atoms in total. The van der Waals surface area contributed by atoms with E-state index in [4.69, 9.17) is 0 Å². The minimum Gasteiger partial charge on any atom is -1.00 e. The van der Waals surface area contributed by atoms with Crippen molar-refractivity contribution in [1.29, 1.82) is 0 Å². The Morgan fingerprint density at radius 3 is 2.18 bits per heavy atom. The first-order valence-electron chi connectivity index (χ1n) is 12.3. The van der Waals surface area contributed by atoms with Gasteiger partial charge in [0.25, 0.3) is 0 Å². The summed E-state index contributed by atoms with van der Waals surface area (Å²) in [5, 5.41) is 0. The molecule has 2 aromatic rings. The van der Waals surface area contributed by atoms with E-state index in [9.17, 15) is 0 Å². The van der Waals surface area contributed by atoms with Gasteiger partial charge in [-0.15, -0.1) is 0 Å². The zero-order chi connectivity index (χ0) is 22.5. The Kier molecular flexibility index (Phi) is 11.7. The van der Waals surface area contributed by atoms with E-state index in [0.29, 0.717) is 0 Å². The number of benzene rings is 2. The van der Waals surface area contributed by atoms with Crippen LogP contribution in [0.3, 0.4) is 0 Å². The van der Waals surface area contributed by atoms with Crippen molar-refractivity contribution in [1.82, 2.24) is 0 Å². The zero-order valence-electron chi connectivity index (χ0n) is 20.6. The van der Waals surface area contributed by atoms with Crippen molar-refractivity contribution in [2.24, 2.45) is 0 Å². The smallest absolute Gasteiger partial charge is 1.00 e. The summed E-state index contributed by atoms with van der Waals surface area (Å²) in [6.45, 7) is 12.8. The Labute approximate surface area is 226 Å². The minimum absolute atomic E-state index is 0. The maximum atomic E-state index is 4.16. The van der Waals surface area contributed by atoms with Crippen LogP contribution in [-0.4, -0.2) is 3.21 Å². The molecule has 4 rings (SSSR count). The molecule has 0 atom stereocenters. The predicted molar refractivity (Wildman–Crippen MR) is 140 cm³/mol. The molecule has 2 aliphatic carbocycles. The Hall–Kier alpha value is -1.27. The summed E-state index contributed by atoms with van der Waals surface area (Å²) in [6, 6.07) is 11.8. The second-order valence-corrected chi connectivity index (χ2v) is 15.6. The molecule has 3 heteroatoms. The Balaban J connectivity index is 0.00000204. The third-order valence-electron chi connectivity index (χ3n) is 6.91. The van der Waals surface area contributed by atoms with Crippen LogP contribution in [0.2, 0.25) is 0 Å². The van der Waals surface area contributed by atoms with Crippen molar-refractivity contribution >= 4 is 18.6 Å². The van der Waals surface area contributed by atoms with Gasteiger partial charge in [0.2, 0.25) is 0 Å². The molecule has 178 valence electrons. The molecule has 0 unspecified atom stereocenters. The first-order valence-corrected chi connectivity index (χ1v) is 16.0. The van der Waals surface area contributed by atoms with Gasteiger partial charge in [0, 0.05) is 0 Å². The maximum Gasteiger partial charge on any atom is -1.00 e. The molecular formula is C31H36Cl2Zr. The van der Waals surface area contributed by atoms with Crippen LogP contribution in [0.4, 0.5) is 0 Å². The summed E-state index contributed by atoms with van der Waals surface area (Å²) in [7, 11) is 0. The molecule has 34 heavy (non-hydrogen) atoms. The third kappa shape index (κ3) is 6.10. The molecule has 0 radical (unpaired) electrons. The number of unbranched alkanes of at least 4 members (excludes halogenated alkanes) is 2. The van der Waals surface area contributed by atoms with E-state index < -0.39 is 21.3 Å². The van der Waals surface area contributed by atoms with Crippen LogP contribution < -0.4 is 28.1 Å². The molecule has 2 aromatic carbocycles. The molecule has 0 N–H and O–H groups in total. The van der Waals surface area contributed by atoms with Gasteiger partial charge in [0.05, 0.1) is 0 Å². The minimum atomic E-state index is -2.18. The summed E-state index contributed by atoms with van der Waals surface area (Å²) in [4.78, 5) is 0. The van der Waals surface area contributed by atoms with E-state index in [0.717, 1.165) is 12.8 Å². The van der Waals surface area contributed by atoms with Gasteiger partial charge >= 0.3 is 203 Å². The van der Waals surface area contributed by atoms with Crippen LogP contribution >= 0.6 is 0 Å². The molecule has 2 aliphatic rings. The number of halogens is 2. The van der Waals surface area contributed by atoms with Crippen molar-refractivity contribution in [2.45, 2.75) is 65.2 Å². The standard InChI is InChI=1S/C17H13.C9H18.C5H5.2ClH.Zr/c1-3-12-5-7-14-11-15-8-6-13(4-2)10-17(15)16(14)9-12;1-3-5-7-9-8-6-4-2;1-2-4-5-3-1;;;/h3-7,9-10H,1-2,11H2;3-8H2,1-2H3;1-3H,4H2;2*1H;/q;;;;;+2/p-2. The maximum absolute atomic E-state index is 4.16.